The Morgan fingerprint density at radius 3 is 2.50 bits per heavy atom. The smallest absolute Gasteiger partial charge is 0.250 e. The number of anilines is 1. The molecule has 1 heterocycles. The van der Waals surface area contributed by atoms with Crippen molar-refractivity contribution in [3.05, 3.63) is 12.4 Å². The van der Waals surface area contributed by atoms with Gasteiger partial charge in [0.05, 0.1) is 24.3 Å². The van der Waals surface area contributed by atoms with Gasteiger partial charge in [0.2, 0.25) is 0 Å². The zero-order valence-corrected chi connectivity index (χ0v) is 6.17. The average Bonchev–Trinajstić information content (AvgIpc) is 2.11. The van der Waals surface area contributed by atoms with Crippen molar-refractivity contribution in [1.82, 2.24) is 9.19 Å². The number of nitrogens with two attached hydrogens (primary N) is 1. The highest BCUT2D eigenvalue weighted by Gasteiger charge is 2.04. The van der Waals surface area contributed by atoms with Gasteiger partial charge in [-0.25, -0.2) is 8.42 Å². The molecule has 2 N–H and O–H groups in total. The van der Waals surface area contributed by atoms with Gasteiger partial charge in [0.25, 0.3) is 10.0 Å². The Hall–Kier alpha value is -1.04. The van der Waals surface area contributed by atoms with E-state index in [9.17, 15) is 8.42 Å². The Balaban J connectivity index is 3.21. The van der Waals surface area contributed by atoms with Gasteiger partial charge < -0.3 is 5.73 Å². The van der Waals surface area contributed by atoms with E-state index in [1.807, 2.05) is 0 Å². The van der Waals surface area contributed by atoms with Crippen LogP contribution in [0.4, 0.5) is 5.69 Å². The molecule has 1 aromatic rings. The van der Waals surface area contributed by atoms with Gasteiger partial charge >= 0.3 is 0 Å². The van der Waals surface area contributed by atoms with Crippen molar-refractivity contribution in [3.8, 4) is 0 Å². The molecule has 5 nitrogen and oxygen atoms in total. The van der Waals surface area contributed by atoms with E-state index in [4.69, 9.17) is 5.73 Å². The second-order valence-electron chi connectivity index (χ2n) is 1.91. The van der Waals surface area contributed by atoms with E-state index in [1.165, 1.54) is 12.4 Å². The van der Waals surface area contributed by atoms with Crippen molar-refractivity contribution in [2.75, 3.05) is 12.0 Å². The summed E-state index contributed by atoms with van der Waals surface area (Å²) in [5.74, 6) is 0. The maximum atomic E-state index is 10.7. The summed E-state index contributed by atoms with van der Waals surface area (Å²) in [4.78, 5) is 0. The van der Waals surface area contributed by atoms with Crippen LogP contribution in [0.2, 0.25) is 0 Å². The molecular formula is C4H7N3O2S. The topological polar surface area (TPSA) is 78.0 Å². The van der Waals surface area contributed by atoms with Crippen LogP contribution >= 0.6 is 0 Å². The molecule has 0 bridgehead atoms. The summed E-state index contributed by atoms with van der Waals surface area (Å²) in [7, 11) is -3.26. The van der Waals surface area contributed by atoms with Crippen molar-refractivity contribution >= 4 is 15.7 Å². The predicted octanol–water partition coefficient (Wildman–Crippen LogP) is -0.727. The van der Waals surface area contributed by atoms with E-state index < -0.39 is 10.0 Å². The molecule has 0 saturated heterocycles. The first-order valence-corrected chi connectivity index (χ1v) is 4.35. The lowest BCUT2D eigenvalue weighted by atomic mass is 10.6. The molecule has 0 amide bonds. The van der Waals surface area contributed by atoms with Gasteiger partial charge in [0.1, 0.15) is 0 Å². The van der Waals surface area contributed by atoms with E-state index in [1.54, 1.807) is 0 Å². The predicted molar refractivity (Wildman–Crippen MR) is 36.9 cm³/mol. The van der Waals surface area contributed by atoms with Crippen LogP contribution in [0.5, 0.6) is 0 Å². The summed E-state index contributed by atoms with van der Waals surface area (Å²) < 4.78 is 22.2. The maximum absolute atomic E-state index is 10.7. The van der Waals surface area contributed by atoms with Crippen molar-refractivity contribution < 1.29 is 8.42 Å². The van der Waals surface area contributed by atoms with E-state index in [-0.39, 0.29) is 0 Å². The lowest BCUT2D eigenvalue weighted by Crippen LogP contribution is -2.09. The SMILES string of the molecule is CS(=O)(=O)n1cc(N)cn1. The lowest BCUT2D eigenvalue weighted by molar-refractivity contribution is 0.586. The lowest BCUT2D eigenvalue weighted by Gasteiger charge is -1.92. The Morgan fingerprint density at radius 1 is 1.70 bits per heavy atom. The molecule has 0 fully saturated rings. The number of rotatable bonds is 1. The summed E-state index contributed by atoms with van der Waals surface area (Å²) in [5.41, 5.74) is 5.57. The third kappa shape index (κ3) is 1.27. The molecule has 1 rings (SSSR count). The quantitative estimate of drug-likeness (QED) is 0.589. The largest absolute Gasteiger partial charge is 0.396 e. The number of nitrogen functional groups attached to an aromatic ring is 1. The number of hydrogen-bond donors (Lipinski definition) is 1. The zero-order valence-electron chi connectivity index (χ0n) is 5.35. The first kappa shape index (κ1) is 7.07. The van der Waals surface area contributed by atoms with Crippen LogP contribution in [0, 0.1) is 0 Å². The summed E-state index contributed by atoms with van der Waals surface area (Å²) in [5, 5.41) is 3.49. The molecule has 0 aromatic carbocycles. The van der Waals surface area contributed by atoms with Crippen LogP contribution < -0.4 is 5.73 Å². The van der Waals surface area contributed by atoms with Crippen LogP contribution in [-0.4, -0.2) is 23.9 Å². The highest BCUT2D eigenvalue weighted by atomic mass is 32.2. The van der Waals surface area contributed by atoms with Gasteiger partial charge in [-0.15, -0.1) is 0 Å². The van der Waals surface area contributed by atoms with Crippen LogP contribution in [0.25, 0.3) is 0 Å². The van der Waals surface area contributed by atoms with Crippen molar-refractivity contribution in [2.24, 2.45) is 0 Å². The molecule has 10 heavy (non-hydrogen) atoms. The van der Waals surface area contributed by atoms with Gasteiger partial charge in [-0.05, 0) is 0 Å². The minimum Gasteiger partial charge on any atom is -0.396 e. The molecule has 0 aliphatic rings. The van der Waals surface area contributed by atoms with Gasteiger partial charge in [0.15, 0.2) is 0 Å². The second kappa shape index (κ2) is 1.98. The van der Waals surface area contributed by atoms with Crippen molar-refractivity contribution in [2.45, 2.75) is 0 Å². The third-order valence-electron chi connectivity index (χ3n) is 0.920. The molecule has 0 atom stereocenters. The van der Waals surface area contributed by atoms with Crippen LogP contribution in [0.15, 0.2) is 12.4 Å². The molecule has 0 aliphatic carbocycles. The van der Waals surface area contributed by atoms with E-state index in [0.29, 0.717) is 5.69 Å². The molecule has 0 radical (unpaired) electrons. The molecule has 0 spiro atoms. The van der Waals surface area contributed by atoms with Crippen LogP contribution in [0.1, 0.15) is 0 Å². The van der Waals surface area contributed by atoms with Gasteiger partial charge in [-0.2, -0.15) is 9.19 Å². The van der Waals surface area contributed by atoms with Crippen LogP contribution in [0.3, 0.4) is 0 Å². The fourth-order valence-electron chi connectivity index (χ4n) is 0.499. The minimum atomic E-state index is -3.26. The normalized spacial score (nSPS) is 11.7. The first-order chi connectivity index (χ1) is 4.50. The summed E-state index contributed by atoms with van der Waals surface area (Å²) >= 11 is 0. The fraction of sp³-hybridized carbons (Fsp3) is 0.250. The van der Waals surface area contributed by atoms with E-state index in [2.05, 4.69) is 5.10 Å². The molecule has 56 valence electrons. The molecular weight excluding hydrogens is 154 g/mol. The van der Waals surface area contributed by atoms with Crippen molar-refractivity contribution in [1.29, 1.82) is 0 Å². The van der Waals surface area contributed by atoms with Gasteiger partial charge in [0, 0.05) is 0 Å². The van der Waals surface area contributed by atoms with E-state index >= 15 is 0 Å². The van der Waals surface area contributed by atoms with Gasteiger partial charge in [-0.1, -0.05) is 0 Å². The molecule has 0 saturated carbocycles. The second-order valence-corrected chi connectivity index (χ2v) is 3.75. The van der Waals surface area contributed by atoms with Crippen LogP contribution in [-0.2, 0) is 10.0 Å². The standard InChI is InChI=1S/C4H7N3O2S/c1-10(8,9)7-3-4(5)2-6-7/h2-3H,5H2,1H3. The number of hydrogen-bond acceptors (Lipinski definition) is 4. The monoisotopic (exact) mass is 161 g/mol. The average molecular weight is 161 g/mol. The molecule has 6 heteroatoms. The molecule has 0 unspecified atom stereocenters. The summed E-state index contributed by atoms with van der Waals surface area (Å²) in [6.07, 6.45) is 3.58. The van der Waals surface area contributed by atoms with Crippen molar-refractivity contribution in [3.63, 3.8) is 0 Å². The van der Waals surface area contributed by atoms with E-state index in [0.717, 1.165) is 10.3 Å². The maximum Gasteiger partial charge on any atom is 0.250 e. The zero-order chi connectivity index (χ0) is 7.78. The summed E-state index contributed by atoms with van der Waals surface area (Å²) in [6, 6.07) is 0. The van der Waals surface area contributed by atoms with Gasteiger partial charge in [-0.3, -0.25) is 0 Å². The molecule has 1 aromatic heterocycles. The molecule has 0 aliphatic heterocycles. The number of nitrogens with zero attached hydrogens (tertiary/aromatic N) is 2. The first-order valence-electron chi connectivity index (χ1n) is 2.51. The number of aromatic nitrogens is 2. The Kier molecular flexibility index (Phi) is 1.40. The Bertz CT molecular complexity index is 326. The highest BCUT2D eigenvalue weighted by Crippen LogP contribution is 1.99. The fourth-order valence-corrected chi connectivity index (χ4v) is 1.03. The highest BCUT2D eigenvalue weighted by molar-refractivity contribution is 7.89. The minimum absolute atomic E-state index is 0.338. The Labute approximate surface area is 58.5 Å². The third-order valence-corrected chi connectivity index (χ3v) is 1.80. The summed E-state index contributed by atoms with van der Waals surface area (Å²) in [6.45, 7) is 0. The Morgan fingerprint density at radius 2 is 2.30 bits per heavy atom.